The number of halogens is 2. The van der Waals surface area contributed by atoms with Crippen LogP contribution in [0.2, 0.25) is 0 Å². The molecule has 0 saturated heterocycles. The monoisotopic (exact) mass is 225 g/mol. The summed E-state index contributed by atoms with van der Waals surface area (Å²) >= 11 is 0. The van der Waals surface area contributed by atoms with Gasteiger partial charge in [0.25, 0.3) is 0 Å². The van der Waals surface area contributed by atoms with Gasteiger partial charge in [0.05, 0.1) is 0 Å². The molecule has 0 aliphatic heterocycles. The van der Waals surface area contributed by atoms with Crippen LogP contribution in [0.25, 0.3) is 0 Å². The molecule has 0 amide bonds. The largest absolute Gasteiger partial charge is 0.307 e. The molecular formula is C13H17F2N. The average Bonchev–Trinajstić information content (AvgIpc) is 2.20. The molecule has 0 heterocycles. The topological polar surface area (TPSA) is 12.0 Å². The minimum Gasteiger partial charge on any atom is -0.307 e. The Kier molecular flexibility index (Phi) is 3.24. The van der Waals surface area contributed by atoms with E-state index in [0.29, 0.717) is 0 Å². The first-order valence-corrected chi connectivity index (χ1v) is 5.85. The van der Waals surface area contributed by atoms with Crippen LogP contribution in [-0.2, 0) is 6.54 Å². The Bertz CT molecular complexity index is 346. The SMILES string of the molecule is CCC1(NCc2c(F)cccc2F)CCC1. The van der Waals surface area contributed by atoms with Crippen LogP contribution in [0.4, 0.5) is 8.78 Å². The summed E-state index contributed by atoms with van der Waals surface area (Å²) in [6, 6.07) is 4.01. The van der Waals surface area contributed by atoms with E-state index >= 15 is 0 Å². The van der Waals surface area contributed by atoms with Gasteiger partial charge in [0.15, 0.2) is 0 Å². The normalized spacial score (nSPS) is 18.2. The quantitative estimate of drug-likeness (QED) is 0.828. The third-order valence-electron chi connectivity index (χ3n) is 3.69. The van der Waals surface area contributed by atoms with Gasteiger partial charge in [-0.25, -0.2) is 8.78 Å². The van der Waals surface area contributed by atoms with Gasteiger partial charge >= 0.3 is 0 Å². The zero-order valence-corrected chi connectivity index (χ0v) is 9.52. The summed E-state index contributed by atoms with van der Waals surface area (Å²) in [7, 11) is 0. The molecule has 3 heteroatoms. The van der Waals surface area contributed by atoms with E-state index in [1.807, 2.05) is 0 Å². The predicted molar refractivity (Wildman–Crippen MR) is 60.1 cm³/mol. The van der Waals surface area contributed by atoms with Crippen LogP contribution in [0.5, 0.6) is 0 Å². The first-order valence-electron chi connectivity index (χ1n) is 5.85. The molecule has 1 aliphatic carbocycles. The third-order valence-corrected chi connectivity index (χ3v) is 3.69. The Morgan fingerprint density at radius 1 is 1.25 bits per heavy atom. The molecular weight excluding hydrogens is 208 g/mol. The van der Waals surface area contributed by atoms with Crippen molar-refractivity contribution in [1.82, 2.24) is 5.32 Å². The van der Waals surface area contributed by atoms with E-state index < -0.39 is 11.6 Å². The van der Waals surface area contributed by atoms with Crippen molar-refractivity contribution in [2.24, 2.45) is 0 Å². The maximum atomic E-state index is 13.4. The van der Waals surface area contributed by atoms with Gasteiger partial charge in [-0.3, -0.25) is 0 Å². The Morgan fingerprint density at radius 2 is 1.88 bits per heavy atom. The van der Waals surface area contributed by atoms with Crippen LogP contribution in [0, 0.1) is 11.6 Å². The van der Waals surface area contributed by atoms with Gasteiger partial charge in [-0.2, -0.15) is 0 Å². The van der Waals surface area contributed by atoms with Crippen molar-refractivity contribution in [3.63, 3.8) is 0 Å². The van der Waals surface area contributed by atoms with Crippen molar-refractivity contribution in [2.45, 2.75) is 44.7 Å². The van der Waals surface area contributed by atoms with Crippen molar-refractivity contribution in [1.29, 1.82) is 0 Å². The van der Waals surface area contributed by atoms with E-state index in [4.69, 9.17) is 0 Å². The lowest BCUT2D eigenvalue weighted by atomic mass is 9.75. The van der Waals surface area contributed by atoms with Gasteiger partial charge in [0.2, 0.25) is 0 Å². The number of nitrogens with one attached hydrogen (secondary N) is 1. The van der Waals surface area contributed by atoms with Crippen LogP contribution in [0.15, 0.2) is 18.2 Å². The lowest BCUT2D eigenvalue weighted by Crippen LogP contribution is -2.50. The second-order valence-corrected chi connectivity index (χ2v) is 4.54. The molecule has 0 atom stereocenters. The molecule has 0 spiro atoms. The number of hydrogen-bond acceptors (Lipinski definition) is 1. The van der Waals surface area contributed by atoms with Gasteiger partial charge in [0.1, 0.15) is 11.6 Å². The highest BCUT2D eigenvalue weighted by atomic mass is 19.1. The van der Waals surface area contributed by atoms with Crippen molar-refractivity contribution >= 4 is 0 Å². The van der Waals surface area contributed by atoms with E-state index in [1.54, 1.807) is 0 Å². The summed E-state index contributed by atoms with van der Waals surface area (Å²) in [6.45, 7) is 2.40. The molecule has 2 rings (SSSR count). The zero-order chi connectivity index (χ0) is 11.6. The standard InChI is InChI=1S/C13H17F2N/c1-2-13(7-4-8-13)16-9-10-11(14)5-3-6-12(10)15/h3,5-6,16H,2,4,7-9H2,1H3. The first kappa shape index (κ1) is 11.5. The molecule has 16 heavy (non-hydrogen) atoms. The lowest BCUT2D eigenvalue weighted by molar-refractivity contribution is 0.174. The zero-order valence-electron chi connectivity index (χ0n) is 9.52. The van der Waals surface area contributed by atoms with E-state index in [1.165, 1.54) is 24.6 Å². The summed E-state index contributed by atoms with van der Waals surface area (Å²) in [5.41, 5.74) is 0.275. The molecule has 0 unspecified atom stereocenters. The van der Waals surface area contributed by atoms with E-state index in [2.05, 4.69) is 12.2 Å². The highest BCUT2D eigenvalue weighted by Gasteiger charge is 2.34. The highest BCUT2D eigenvalue weighted by Crippen LogP contribution is 2.35. The molecule has 1 aliphatic rings. The Labute approximate surface area is 94.9 Å². The second-order valence-electron chi connectivity index (χ2n) is 4.54. The van der Waals surface area contributed by atoms with Gasteiger partial charge in [-0.05, 0) is 37.8 Å². The summed E-state index contributed by atoms with van der Waals surface area (Å²) in [4.78, 5) is 0. The molecule has 1 fully saturated rings. The van der Waals surface area contributed by atoms with E-state index in [-0.39, 0.29) is 17.6 Å². The van der Waals surface area contributed by atoms with E-state index in [0.717, 1.165) is 19.3 Å². The first-order chi connectivity index (χ1) is 7.67. The molecule has 1 aromatic rings. The molecule has 1 aromatic carbocycles. The molecule has 0 bridgehead atoms. The predicted octanol–water partition coefficient (Wildman–Crippen LogP) is 3.39. The minimum absolute atomic E-state index is 0.120. The Hall–Kier alpha value is -0.960. The summed E-state index contributed by atoms with van der Waals surface area (Å²) in [5.74, 6) is -0.920. The summed E-state index contributed by atoms with van der Waals surface area (Å²) in [6.07, 6.45) is 4.45. The number of hydrogen-bond donors (Lipinski definition) is 1. The smallest absolute Gasteiger partial charge is 0.130 e. The van der Waals surface area contributed by atoms with Crippen LogP contribution in [0.3, 0.4) is 0 Å². The van der Waals surface area contributed by atoms with Crippen LogP contribution < -0.4 is 5.32 Å². The number of benzene rings is 1. The third kappa shape index (κ3) is 2.09. The van der Waals surface area contributed by atoms with Crippen LogP contribution in [-0.4, -0.2) is 5.54 Å². The molecule has 1 saturated carbocycles. The van der Waals surface area contributed by atoms with Crippen molar-refractivity contribution in [2.75, 3.05) is 0 Å². The van der Waals surface area contributed by atoms with Crippen molar-refractivity contribution < 1.29 is 8.78 Å². The van der Waals surface area contributed by atoms with Crippen molar-refractivity contribution in [3.05, 3.63) is 35.4 Å². The number of rotatable bonds is 4. The Morgan fingerprint density at radius 3 is 2.31 bits per heavy atom. The molecule has 88 valence electrons. The average molecular weight is 225 g/mol. The molecule has 0 aromatic heterocycles. The minimum atomic E-state index is -0.460. The maximum Gasteiger partial charge on any atom is 0.130 e. The molecule has 0 radical (unpaired) electrons. The van der Waals surface area contributed by atoms with Crippen LogP contribution in [0.1, 0.15) is 38.2 Å². The summed E-state index contributed by atoms with van der Waals surface area (Å²) < 4.78 is 26.7. The van der Waals surface area contributed by atoms with Gasteiger partial charge in [-0.1, -0.05) is 13.0 Å². The van der Waals surface area contributed by atoms with Crippen LogP contribution >= 0.6 is 0 Å². The second kappa shape index (κ2) is 4.50. The lowest BCUT2D eigenvalue weighted by Gasteiger charge is -2.42. The fourth-order valence-electron chi connectivity index (χ4n) is 2.24. The highest BCUT2D eigenvalue weighted by molar-refractivity contribution is 5.20. The molecule has 1 N–H and O–H groups in total. The van der Waals surface area contributed by atoms with Gasteiger partial charge < -0.3 is 5.32 Å². The summed E-state index contributed by atoms with van der Waals surface area (Å²) in [5, 5.41) is 3.30. The fourth-order valence-corrected chi connectivity index (χ4v) is 2.24. The molecule has 1 nitrogen and oxygen atoms in total. The van der Waals surface area contributed by atoms with E-state index in [9.17, 15) is 8.78 Å². The van der Waals surface area contributed by atoms with Gasteiger partial charge in [-0.15, -0.1) is 0 Å². The van der Waals surface area contributed by atoms with Crippen molar-refractivity contribution in [3.8, 4) is 0 Å². The van der Waals surface area contributed by atoms with Gasteiger partial charge in [0, 0.05) is 17.6 Å². The maximum absolute atomic E-state index is 13.4. The Balaban J connectivity index is 2.04. The fraction of sp³-hybridized carbons (Fsp3) is 0.538.